The molecule has 0 saturated carbocycles. The lowest BCUT2D eigenvalue weighted by Gasteiger charge is -2.40. The van der Waals surface area contributed by atoms with Gasteiger partial charge >= 0.3 is 0 Å². The first kappa shape index (κ1) is 12.3. The van der Waals surface area contributed by atoms with Crippen LogP contribution >= 0.6 is 11.6 Å². The molecule has 18 heavy (non-hydrogen) atoms. The van der Waals surface area contributed by atoms with Gasteiger partial charge in [0.2, 0.25) is 0 Å². The largest absolute Gasteiger partial charge is 0.487 e. The minimum absolute atomic E-state index is 0.267. The number of halogens is 1. The first-order chi connectivity index (χ1) is 8.69. The van der Waals surface area contributed by atoms with E-state index in [2.05, 4.69) is 0 Å². The van der Waals surface area contributed by atoms with Crippen LogP contribution in [-0.2, 0) is 4.74 Å². The van der Waals surface area contributed by atoms with Gasteiger partial charge in [-0.25, -0.2) is 0 Å². The Balaban J connectivity index is 1.92. The van der Waals surface area contributed by atoms with E-state index < -0.39 is 6.10 Å². The van der Waals surface area contributed by atoms with Gasteiger partial charge in [-0.15, -0.1) is 0 Å². The van der Waals surface area contributed by atoms with Crippen molar-refractivity contribution in [1.29, 1.82) is 0 Å². The summed E-state index contributed by atoms with van der Waals surface area (Å²) in [5.74, 6) is 0.764. The van der Waals surface area contributed by atoms with Crippen LogP contribution in [0.5, 0.6) is 5.75 Å². The third-order valence-corrected chi connectivity index (χ3v) is 4.08. The molecule has 3 rings (SSSR count). The number of hydrogen-bond donors (Lipinski definition) is 1. The molecule has 1 aromatic rings. The van der Waals surface area contributed by atoms with Crippen molar-refractivity contribution in [3.63, 3.8) is 0 Å². The summed E-state index contributed by atoms with van der Waals surface area (Å²) < 4.78 is 11.6. The zero-order valence-corrected chi connectivity index (χ0v) is 10.9. The van der Waals surface area contributed by atoms with E-state index >= 15 is 0 Å². The van der Waals surface area contributed by atoms with Crippen LogP contribution in [0.2, 0.25) is 5.02 Å². The molecular weight excluding hydrogens is 252 g/mol. The van der Waals surface area contributed by atoms with Gasteiger partial charge in [0.1, 0.15) is 11.4 Å². The summed E-state index contributed by atoms with van der Waals surface area (Å²) >= 11 is 5.96. The number of fused-ring (bicyclic) bond motifs is 1. The van der Waals surface area contributed by atoms with Crippen molar-refractivity contribution >= 4 is 11.6 Å². The van der Waals surface area contributed by atoms with Crippen molar-refractivity contribution in [2.75, 3.05) is 13.2 Å². The van der Waals surface area contributed by atoms with E-state index in [0.717, 1.165) is 37.2 Å². The smallest absolute Gasteiger partial charge is 0.126 e. The minimum Gasteiger partial charge on any atom is -0.487 e. The van der Waals surface area contributed by atoms with Gasteiger partial charge in [0, 0.05) is 30.0 Å². The molecule has 1 aromatic carbocycles. The molecule has 1 fully saturated rings. The molecule has 1 saturated heterocycles. The van der Waals surface area contributed by atoms with Gasteiger partial charge in [0.25, 0.3) is 0 Å². The quantitative estimate of drug-likeness (QED) is 0.786. The lowest BCUT2D eigenvalue weighted by Crippen LogP contribution is -2.41. The monoisotopic (exact) mass is 268 g/mol. The number of benzene rings is 1. The van der Waals surface area contributed by atoms with Crippen molar-refractivity contribution < 1.29 is 14.6 Å². The summed E-state index contributed by atoms with van der Waals surface area (Å²) in [6.07, 6.45) is 2.89. The molecule has 0 radical (unpaired) electrons. The Kier molecular flexibility index (Phi) is 3.22. The van der Waals surface area contributed by atoms with E-state index in [1.54, 1.807) is 12.1 Å². The molecule has 2 aliphatic rings. The molecule has 1 unspecified atom stereocenters. The molecular formula is C14H17ClO3. The summed E-state index contributed by atoms with van der Waals surface area (Å²) in [7, 11) is 0. The number of rotatable bonds is 0. The highest BCUT2D eigenvalue weighted by molar-refractivity contribution is 6.30. The SMILES string of the molecule is O[C@@H]1CC2(CCCOCC2)Oc2ccc(Cl)cc21. The second-order valence-corrected chi connectivity index (χ2v) is 5.59. The Morgan fingerprint density at radius 2 is 2.17 bits per heavy atom. The predicted molar refractivity (Wildman–Crippen MR) is 69.1 cm³/mol. The van der Waals surface area contributed by atoms with Crippen molar-refractivity contribution in [2.45, 2.75) is 37.4 Å². The van der Waals surface area contributed by atoms with Gasteiger partial charge in [-0.3, -0.25) is 0 Å². The van der Waals surface area contributed by atoms with Crippen LogP contribution in [0, 0.1) is 0 Å². The molecule has 0 aliphatic carbocycles. The number of ether oxygens (including phenoxy) is 2. The molecule has 2 aliphatic heterocycles. The lowest BCUT2D eigenvalue weighted by molar-refractivity contribution is -0.0271. The molecule has 2 atom stereocenters. The van der Waals surface area contributed by atoms with Gasteiger partial charge in [0.15, 0.2) is 0 Å². The van der Waals surface area contributed by atoms with Crippen LogP contribution in [-0.4, -0.2) is 23.9 Å². The normalized spacial score (nSPS) is 31.6. The van der Waals surface area contributed by atoms with Crippen LogP contribution in [0.15, 0.2) is 18.2 Å². The Morgan fingerprint density at radius 1 is 1.28 bits per heavy atom. The van der Waals surface area contributed by atoms with Gasteiger partial charge in [-0.2, -0.15) is 0 Å². The third kappa shape index (κ3) is 2.22. The molecule has 0 amide bonds. The molecule has 1 spiro atoms. The van der Waals surface area contributed by atoms with E-state index in [1.165, 1.54) is 0 Å². The summed E-state index contributed by atoms with van der Waals surface area (Å²) in [4.78, 5) is 0. The van der Waals surface area contributed by atoms with Gasteiger partial charge in [-0.1, -0.05) is 11.6 Å². The van der Waals surface area contributed by atoms with E-state index in [0.29, 0.717) is 18.1 Å². The molecule has 98 valence electrons. The van der Waals surface area contributed by atoms with Crippen molar-refractivity contribution in [1.82, 2.24) is 0 Å². The Labute approximate surface area is 112 Å². The van der Waals surface area contributed by atoms with Crippen LogP contribution in [0.25, 0.3) is 0 Å². The Morgan fingerprint density at radius 3 is 3.06 bits per heavy atom. The van der Waals surface area contributed by atoms with E-state index in [9.17, 15) is 5.11 Å². The maximum absolute atomic E-state index is 10.3. The zero-order valence-electron chi connectivity index (χ0n) is 10.2. The summed E-state index contributed by atoms with van der Waals surface area (Å²) in [6, 6.07) is 5.45. The highest BCUT2D eigenvalue weighted by atomic mass is 35.5. The van der Waals surface area contributed by atoms with Crippen LogP contribution in [0.1, 0.15) is 37.4 Å². The van der Waals surface area contributed by atoms with E-state index in [1.807, 2.05) is 6.07 Å². The fourth-order valence-corrected chi connectivity index (χ4v) is 3.08. The summed E-state index contributed by atoms with van der Waals surface area (Å²) in [5.41, 5.74) is 0.537. The van der Waals surface area contributed by atoms with Crippen LogP contribution < -0.4 is 4.74 Å². The Bertz CT molecular complexity index is 439. The highest BCUT2D eigenvalue weighted by Crippen LogP contribution is 2.44. The molecule has 4 heteroatoms. The lowest BCUT2D eigenvalue weighted by atomic mass is 9.83. The van der Waals surface area contributed by atoms with E-state index in [-0.39, 0.29) is 5.60 Å². The van der Waals surface area contributed by atoms with E-state index in [4.69, 9.17) is 21.1 Å². The average molecular weight is 269 g/mol. The molecule has 2 heterocycles. The number of hydrogen-bond acceptors (Lipinski definition) is 3. The average Bonchev–Trinajstić information content (AvgIpc) is 2.56. The number of aliphatic hydroxyl groups excluding tert-OH is 1. The minimum atomic E-state index is -0.495. The zero-order chi connectivity index (χ0) is 12.6. The van der Waals surface area contributed by atoms with Crippen LogP contribution in [0.4, 0.5) is 0 Å². The van der Waals surface area contributed by atoms with Gasteiger partial charge < -0.3 is 14.6 Å². The standard InChI is InChI=1S/C14H17ClO3/c15-10-2-3-13-11(8-10)12(16)9-14(18-13)4-1-6-17-7-5-14/h2-3,8,12,16H,1,4-7,9H2/t12-,14?/m1/s1. The van der Waals surface area contributed by atoms with Gasteiger partial charge in [-0.05, 0) is 31.0 Å². The predicted octanol–water partition coefficient (Wildman–Crippen LogP) is 3.10. The second-order valence-electron chi connectivity index (χ2n) is 5.15. The summed E-state index contributed by atoms with van der Waals surface area (Å²) in [6.45, 7) is 1.49. The molecule has 0 aromatic heterocycles. The number of aliphatic hydroxyl groups is 1. The van der Waals surface area contributed by atoms with Crippen molar-refractivity contribution in [3.8, 4) is 5.75 Å². The Hall–Kier alpha value is -0.770. The third-order valence-electron chi connectivity index (χ3n) is 3.85. The molecule has 0 bridgehead atoms. The highest BCUT2D eigenvalue weighted by Gasteiger charge is 2.40. The summed E-state index contributed by atoms with van der Waals surface area (Å²) in [5, 5.41) is 11.0. The first-order valence-corrected chi connectivity index (χ1v) is 6.81. The second kappa shape index (κ2) is 4.72. The fourth-order valence-electron chi connectivity index (χ4n) is 2.90. The van der Waals surface area contributed by atoms with Crippen molar-refractivity contribution in [3.05, 3.63) is 28.8 Å². The van der Waals surface area contributed by atoms with Crippen LogP contribution in [0.3, 0.4) is 0 Å². The molecule has 1 N–H and O–H groups in total. The maximum Gasteiger partial charge on any atom is 0.126 e. The molecule has 3 nitrogen and oxygen atoms in total. The first-order valence-electron chi connectivity index (χ1n) is 6.43. The topological polar surface area (TPSA) is 38.7 Å². The fraction of sp³-hybridized carbons (Fsp3) is 0.571. The van der Waals surface area contributed by atoms with Gasteiger partial charge in [0.05, 0.1) is 12.7 Å². The maximum atomic E-state index is 10.3. The van der Waals surface area contributed by atoms with Crippen molar-refractivity contribution in [2.24, 2.45) is 0 Å².